The second-order valence-electron chi connectivity index (χ2n) is 5.26. The van der Waals surface area contributed by atoms with Crippen LogP contribution in [0.3, 0.4) is 0 Å². The maximum absolute atomic E-state index is 12.7. The van der Waals surface area contributed by atoms with Gasteiger partial charge in [-0.15, -0.1) is 0 Å². The van der Waals surface area contributed by atoms with Gasteiger partial charge in [-0.1, -0.05) is 19.1 Å². The van der Waals surface area contributed by atoms with Gasteiger partial charge in [-0.2, -0.15) is 0 Å². The summed E-state index contributed by atoms with van der Waals surface area (Å²) in [5.74, 6) is 0.0697. The molecule has 1 saturated heterocycles. The number of benzene rings is 1. The Morgan fingerprint density at radius 3 is 2.79 bits per heavy atom. The van der Waals surface area contributed by atoms with Crippen LogP contribution in [-0.4, -0.2) is 48.4 Å². The van der Waals surface area contributed by atoms with E-state index in [4.69, 9.17) is 5.73 Å². The molecule has 1 unspecified atom stereocenters. The maximum atomic E-state index is 12.7. The Hall–Kier alpha value is -1.55. The lowest BCUT2D eigenvalue weighted by molar-refractivity contribution is 0.0677. The fourth-order valence-electron chi connectivity index (χ4n) is 2.71. The van der Waals surface area contributed by atoms with Gasteiger partial charge in [-0.25, -0.2) is 0 Å². The van der Waals surface area contributed by atoms with Crippen LogP contribution in [0.4, 0.5) is 5.69 Å². The highest BCUT2D eigenvalue weighted by Crippen LogP contribution is 2.19. The summed E-state index contributed by atoms with van der Waals surface area (Å²) in [6.07, 6.45) is 1.99. The maximum Gasteiger partial charge on any atom is 0.256 e. The van der Waals surface area contributed by atoms with Crippen molar-refractivity contribution < 1.29 is 4.79 Å². The molecule has 104 valence electrons. The molecule has 1 amide bonds. The van der Waals surface area contributed by atoms with Crippen molar-refractivity contribution in [2.24, 2.45) is 0 Å². The minimum Gasteiger partial charge on any atom is -0.398 e. The third-order valence-electron chi connectivity index (χ3n) is 3.83. The average molecular weight is 261 g/mol. The van der Waals surface area contributed by atoms with Crippen LogP contribution in [0.25, 0.3) is 0 Å². The number of hydrogen-bond donors (Lipinski definition) is 1. The molecule has 0 bridgehead atoms. The third kappa shape index (κ3) is 3.07. The van der Waals surface area contributed by atoms with Gasteiger partial charge in [-0.05, 0) is 38.6 Å². The van der Waals surface area contributed by atoms with Crippen LogP contribution in [0.15, 0.2) is 24.3 Å². The molecule has 0 aromatic heterocycles. The summed E-state index contributed by atoms with van der Waals surface area (Å²) in [4.78, 5) is 17.0. The van der Waals surface area contributed by atoms with Crippen LogP contribution in [0, 0.1) is 0 Å². The summed E-state index contributed by atoms with van der Waals surface area (Å²) in [6.45, 7) is 4.94. The SMILES string of the molecule is CCC1CN(C)CCCN1C(=O)c1ccccc1N. The van der Waals surface area contributed by atoms with Gasteiger partial charge in [0.25, 0.3) is 5.91 Å². The van der Waals surface area contributed by atoms with Gasteiger partial charge in [0.15, 0.2) is 0 Å². The van der Waals surface area contributed by atoms with Crippen molar-refractivity contribution in [2.45, 2.75) is 25.8 Å². The van der Waals surface area contributed by atoms with Crippen molar-refractivity contribution >= 4 is 11.6 Å². The van der Waals surface area contributed by atoms with E-state index >= 15 is 0 Å². The molecule has 1 aromatic rings. The normalized spacial score (nSPS) is 21.2. The zero-order valence-electron chi connectivity index (χ0n) is 11.8. The lowest BCUT2D eigenvalue weighted by atomic mass is 10.1. The summed E-state index contributed by atoms with van der Waals surface area (Å²) in [6, 6.07) is 7.62. The fourth-order valence-corrected chi connectivity index (χ4v) is 2.71. The number of nitrogens with zero attached hydrogens (tertiary/aromatic N) is 2. The number of nitrogen functional groups attached to an aromatic ring is 1. The number of anilines is 1. The molecule has 0 radical (unpaired) electrons. The molecule has 1 aromatic carbocycles. The lowest BCUT2D eigenvalue weighted by Crippen LogP contribution is -2.43. The van der Waals surface area contributed by atoms with E-state index in [1.165, 1.54) is 0 Å². The first kappa shape index (κ1) is 13.9. The number of likely N-dealkylation sites (N-methyl/N-ethyl adjacent to an activating group) is 1. The number of rotatable bonds is 2. The molecule has 1 atom stereocenters. The van der Waals surface area contributed by atoms with Gasteiger partial charge in [0, 0.05) is 24.8 Å². The zero-order valence-corrected chi connectivity index (χ0v) is 11.8. The second kappa shape index (κ2) is 6.06. The summed E-state index contributed by atoms with van der Waals surface area (Å²) in [7, 11) is 2.12. The predicted molar refractivity (Wildman–Crippen MR) is 78.1 cm³/mol. The first-order chi connectivity index (χ1) is 9.13. The van der Waals surface area contributed by atoms with E-state index in [9.17, 15) is 4.79 Å². The zero-order chi connectivity index (χ0) is 13.8. The van der Waals surface area contributed by atoms with Crippen molar-refractivity contribution in [3.05, 3.63) is 29.8 Å². The summed E-state index contributed by atoms with van der Waals surface area (Å²) >= 11 is 0. The largest absolute Gasteiger partial charge is 0.398 e. The van der Waals surface area contributed by atoms with Crippen molar-refractivity contribution in [1.29, 1.82) is 0 Å². The predicted octanol–water partition coefficient (Wildman–Crippen LogP) is 1.83. The van der Waals surface area contributed by atoms with E-state index in [1.807, 2.05) is 23.1 Å². The quantitative estimate of drug-likeness (QED) is 0.826. The van der Waals surface area contributed by atoms with E-state index in [2.05, 4.69) is 18.9 Å². The minimum absolute atomic E-state index is 0.0697. The minimum atomic E-state index is 0.0697. The molecule has 4 nitrogen and oxygen atoms in total. The molecular weight excluding hydrogens is 238 g/mol. The number of nitrogens with two attached hydrogens (primary N) is 1. The molecule has 4 heteroatoms. The van der Waals surface area contributed by atoms with Gasteiger partial charge in [0.1, 0.15) is 0 Å². The Morgan fingerprint density at radius 1 is 1.37 bits per heavy atom. The summed E-state index contributed by atoms with van der Waals surface area (Å²) < 4.78 is 0. The van der Waals surface area contributed by atoms with E-state index in [0.29, 0.717) is 11.3 Å². The third-order valence-corrected chi connectivity index (χ3v) is 3.83. The lowest BCUT2D eigenvalue weighted by Gasteiger charge is -2.30. The highest BCUT2D eigenvalue weighted by molar-refractivity contribution is 5.99. The van der Waals surface area contributed by atoms with Gasteiger partial charge in [-0.3, -0.25) is 4.79 Å². The topological polar surface area (TPSA) is 49.6 Å². The Labute approximate surface area is 115 Å². The molecule has 2 N–H and O–H groups in total. The average Bonchev–Trinajstić information content (AvgIpc) is 2.60. The molecule has 2 rings (SSSR count). The molecule has 1 fully saturated rings. The smallest absolute Gasteiger partial charge is 0.256 e. The summed E-state index contributed by atoms with van der Waals surface area (Å²) in [5, 5.41) is 0. The molecule has 0 aliphatic carbocycles. The number of carbonyl (C=O) groups is 1. The Morgan fingerprint density at radius 2 is 2.11 bits per heavy atom. The fraction of sp³-hybridized carbons (Fsp3) is 0.533. The van der Waals surface area contributed by atoms with Crippen molar-refractivity contribution in [1.82, 2.24) is 9.80 Å². The van der Waals surface area contributed by atoms with Gasteiger partial charge in [0.05, 0.1) is 5.56 Å². The van der Waals surface area contributed by atoms with Crippen LogP contribution in [0.5, 0.6) is 0 Å². The summed E-state index contributed by atoms with van der Waals surface area (Å²) in [5.41, 5.74) is 7.12. The van der Waals surface area contributed by atoms with Crippen molar-refractivity contribution in [3.63, 3.8) is 0 Å². The molecule has 0 spiro atoms. The number of para-hydroxylation sites is 1. The monoisotopic (exact) mass is 261 g/mol. The number of amides is 1. The van der Waals surface area contributed by atoms with Crippen LogP contribution in [0.2, 0.25) is 0 Å². The molecule has 19 heavy (non-hydrogen) atoms. The van der Waals surface area contributed by atoms with Crippen LogP contribution in [0.1, 0.15) is 30.1 Å². The molecular formula is C15H23N3O. The second-order valence-corrected chi connectivity index (χ2v) is 5.26. The van der Waals surface area contributed by atoms with Gasteiger partial charge < -0.3 is 15.5 Å². The van der Waals surface area contributed by atoms with Crippen molar-refractivity contribution in [2.75, 3.05) is 32.4 Å². The first-order valence-electron chi connectivity index (χ1n) is 6.97. The highest BCUT2D eigenvalue weighted by Gasteiger charge is 2.27. The van der Waals surface area contributed by atoms with E-state index in [-0.39, 0.29) is 11.9 Å². The highest BCUT2D eigenvalue weighted by atomic mass is 16.2. The van der Waals surface area contributed by atoms with E-state index in [1.54, 1.807) is 6.07 Å². The van der Waals surface area contributed by atoms with Gasteiger partial charge in [0.2, 0.25) is 0 Å². The van der Waals surface area contributed by atoms with E-state index < -0.39 is 0 Å². The van der Waals surface area contributed by atoms with Gasteiger partial charge >= 0.3 is 0 Å². The van der Waals surface area contributed by atoms with E-state index in [0.717, 1.165) is 32.5 Å². The van der Waals surface area contributed by atoms with Crippen molar-refractivity contribution in [3.8, 4) is 0 Å². The number of carbonyl (C=O) groups excluding carboxylic acids is 1. The molecule has 0 saturated carbocycles. The Bertz CT molecular complexity index is 447. The van der Waals surface area contributed by atoms with Crippen LogP contribution < -0.4 is 5.73 Å². The standard InChI is InChI=1S/C15H23N3O/c1-3-12-11-17(2)9-6-10-18(12)15(19)13-7-4-5-8-14(13)16/h4-5,7-8,12H,3,6,9-11,16H2,1-2H3. The molecule has 1 aliphatic heterocycles. The van der Waals surface area contributed by atoms with Crippen LogP contribution in [-0.2, 0) is 0 Å². The molecule has 1 heterocycles. The Balaban J connectivity index is 2.23. The first-order valence-corrected chi connectivity index (χ1v) is 6.97. The van der Waals surface area contributed by atoms with Crippen LogP contribution >= 0.6 is 0 Å². The number of hydrogen-bond acceptors (Lipinski definition) is 3. The molecule has 1 aliphatic rings. The Kier molecular flexibility index (Phi) is 4.43.